The lowest BCUT2D eigenvalue weighted by atomic mass is 9.92. The second kappa shape index (κ2) is 25.8. The number of benzene rings is 2. The molecule has 6 N–H and O–H groups in total. The van der Waals surface area contributed by atoms with Crippen molar-refractivity contribution in [3.8, 4) is 11.5 Å². The Balaban J connectivity index is 1.78. The Bertz CT molecular complexity index is 1380. The highest BCUT2D eigenvalue weighted by atomic mass is 16.3. The number of hydrogen-bond acceptors (Lipinski definition) is 6. The van der Waals surface area contributed by atoms with E-state index in [0.29, 0.717) is 32.1 Å². The van der Waals surface area contributed by atoms with Crippen molar-refractivity contribution >= 4 is 23.6 Å². The summed E-state index contributed by atoms with van der Waals surface area (Å²) in [6.07, 6.45) is 19.4. The molecule has 0 aromatic heterocycles. The van der Waals surface area contributed by atoms with E-state index >= 15 is 0 Å². The Morgan fingerprint density at radius 1 is 0.500 bits per heavy atom. The molecule has 10 nitrogen and oxygen atoms in total. The first-order valence-electron chi connectivity index (χ1n) is 20.0. The van der Waals surface area contributed by atoms with Gasteiger partial charge in [0.05, 0.1) is 11.1 Å². The third-order valence-corrected chi connectivity index (χ3v) is 9.83. The van der Waals surface area contributed by atoms with Gasteiger partial charge in [-0.25, -0.2) is 0 Å². The summed E-state index contributed by atoms with van der Waals surface area (Å²) >= 11 is 0. The summed E-state index contributed by atoms with van der Waals surface area (Å²) in [5.74, 6) is -2.83. The molecule has 2 aromatic rings. The van der Waals surface area contributed by atoms with Gasteiger partial charge < -0.3 is 10.2 Å². The molecule has 0 aliphatic carbocycles. The van der Waals surface area contributed by atoms with Crippen LogP contribution in [0, 0.1) is 11.8 Å². The first-order valence-corrected chi connectivity index (χ1v) is 20.0. The van der Waals surface area contributed by atoms with Crippen LogP contribution in [0.4, 0.5) is 0 Å². The van der Waals surface area contributed by atoms with Gasteiger partial charge in [0.2, 0.25) is 11.8 Å². The number of hydrogen-bond donors (Lipinski definition) is 6. The van der Waals surface area contributed by atoms with Gasteiger partial charge in [-0.2, -0.15) is 0 Å². The maximum atomic E-state index is 13.0. The molecule has 0 fully saturated rings. The Morgan fingerprint density at radius 2 is 0.923 bits per heavy atom. The summed E-state index contributed by atoms with van der Waals surface area (Å²) in [6, 6.07) is 10.1. The molecule has 4 amide bonds. The van der Waals surface area contributed by atoms with E-state index in [1.54, 1.807) is 24.3 Å². The minimum absolute atomic E-state index is 0.0938. The third-order valence-electron chi connectivity index (χ3n) is 9.83. The fourth-order valence-electron chi connectivity index (χ4n) is 6.53. The number of rotatable bonds is 25. The molecule has 52 heavy (non-hydrogen) atoms. The topological polar surface area (TPSA) is 157 Å². The summed E-state index contributed by atoms with van der Waals surface area (Å²) in [5, 5.41) is 21.0. The predicted molar refractivity (Wildman–Crippen MR) is 208 cm³/mol. The van der Waals surface area contributed by atoms with Crippen molar-refractivity contribution in [3.63, 3.8) is 0 Å². The largest absolute Gasteiger partial charge is 0.507 e. The Morgan fingerprint density at radius 3 is 1.35 bits per heavy atom. The van der Waals surface area contributed by atoms with Crippen molar-refractivity contribution in [3.05, 3.63) is 58.7 Å². The molecule has 0 heterocycles. The van der Waals surface area contributed by atoms with Gasteiger partial charge >= 0.3 is 0 Å². The minimum Gasteiger partial charge on any atom is -0.507 e. The number of carbonyl (C=O) groups excluding carboxylic acids is 4. The van der Waals surface area contributed by atoms with E-state index in [0.717, 1.165) is 56.1 Å². The summed E-state index contributed by atoms with van der Waals surface area (Å²) < 4.78 is 0. The average molecular weight is 723 g/mol. The number of carbonyl (C=O) groups is 4. The maximum absolute atomic E-state index is 13.0. The van der Waals surface area contributed by atoms with Gasteiger partial charge in [-0.05, 0) is 86.8 Å². The number of aryl methyl sites for hydroxylation is 2. The van der Waals surface area contributed by atoms with Crippen LogP contribution >= 0.6 is 0 Å². The van der Waals surface area contributed by atoms with Crippen molar-refractivity contribution in [2.24, 2.45) is 11.8 Å². The first-order chi connectivity index (χ1) is 25.1. The zero-order valence-corrected chi connectivity index (χ0v) is 32.3. The van der Waals surface area contributed by atoms with Crippen molar-refractivity contribution in [1.82, 2.24) is 21.7 Å². The molecule has 0 aliphatic rings. The molecular weight excluding hydrogens is 656 g/mol. The van der Waals surface area contributed by atoms with Crippen LogP contribution in [-0.4, -0.2) is 33.8 Å². The number of hydrazine groups is 2. The fraction of sp³-hybridized carbons (Fsp3) is 0.619. The number of unbranched alkanes of at least 4 members (excludes halogenated alkanes) is 10. The fourth-order valence-corrected chi connectivity index (χ4v) is 6.53. The van der Waals surface area contributed by atoms with Gasteiger partial charge in [0.25, 0.3) is 11.8 Å². The van der Waals surface area contributed by atoms with Crippen molar-refractivity contribution in [2.45, 2.75) is 156 Å². The molecule has 0 spiro atoms. The predicted octanol–water partition coefficient (Wildman–Crippen LogP) is 8.74. The van der Waals surface area contributed by atoms with Gasteiger partial charge in [-0.15, -0.1) is 0 Å². The second-order valence-corrected chi connectivity index (χ2v) is 14.1. The lowest BCUT2D eigenvalue weighted by Gasteiger charge is -2.19. The molecule has 2 aromatic carbocycles. The molecule has 2 unspecified atom stereocenters. The lowest BCUT2D eigenvalue weighted by Crippen LogP contribution is -2.45. The SMILES string of the molecule is CCCCCCCCc1ccc(C(=O)NNC(=O)C(CC)CCCC(CCC)C(=O)NNC(=O)c2ccc(CCCCCCCC)cc2O)c(O)c1. The van der Waals surface area contributed by atoms with E-state index < -0.39 is 11.8 Å². The van der Waals surface area contributed by atoms with Crippen LogP contribution in [0.3, 0.4) is 0 Å². The molecule has 2 rings (SSSR count). The maximum Gasteiger partial charge on any atom is 0.273 e. The van der Waals surface area contributed by atoms with Crippen LogP contribution in [0.15, 0.2) is 36.4 Å². The number of amides is 4. The molecule has 10 heteroatoms. The van der Waals surface area contributed by atoms with E-state index in [4.69, 9.17) is 0 Å². The molecule has 290 valence electrons. The molecule has 0 radical (unpaired) electrons. The molecule has 0 saturated carbocycles. The van der Waals surface area contributed by atoms with E-state index in [9.17, 15) is 29.4 Å². The standard InChI is InChI=1S/C42H66N4O6/c1-5-9-11-13-15-17-21-31-25-27-35(37(47)29-31)41(51)45-43-39(49)33(8-4)23-19-24-34(20-7-3)40(50)44-46-42(52)36-28-26-32(30-38(36)48)22-18-16-14-12-10-6-2/h25-30,33-34,47-48H,5-24H2,1-4H3,(H,43,49)(H,44,50)(H,45,51)(H,46,52). The zero-order valence-electron chi connectivity index (χ0n) is 32.3. The van der Waals surface area contributed by atoms with Crippen LogP contribution in [0.1, 0.15) is 175 Å². The van der Waals surface area contributed by atoms with Crippen molar-refractivity contribution in [2.75, 3.05) is 0 Å². The van der Waals surface area contributed by atoms with E-state index in [2.05, 4.69) is 35.6 Å². The van der Waals surface area contributed by atoms with Gasteiger partial charge in [-0.1, -0.05) is 117 Å². The van der Waals surface area contributed by atoms with Crippen molar-refractivity contribution in [1.29, 1.82) is 0 Å². The molecule has 0 aliphatic heterocycles. The highest BCUT2D eigenvalue weighted by molar-refractivity contribution is 5.98. The Hall–Kier alpha value is -4.08. The summed E-state index contributed by atoms with van der Waals surface area (Å²) in [5.41, 5.74) is 12.0. The normalized spacial score (nSPS) is 12.2. The number of phenols is 2. The summed E-state index contributed by atoms with van der Waals surface area (Å²) in [4.78, 5) is 51.5. The Kier molecular flexibility index (Phi) is 21.9. The summed E-state index contributed by atoms with van der Waals surface area (Å²) in [6.45, 7) is 8.26. The smallest absolute Gasteiger partial charge is 0.273 e. The Labute approximate surface area is 312 Å². The van der Waals surface area contributed by atoms with Gasteiger partial charge in [0, 0.05) is 11.8 Å². The monoisotopic (exact) mass is 722 g/mol. The van der Waals surface area contributed by atoms with Crippen LogP contribution in [0.5, 0.6) is 11.5 Å². The number of phenolic OH excluding ortho intramolecular Hbond substituents is 2. The molecule has 0 saturated heterocycles. The molecular formula is C42H66N4O6. The van der Waals surface area contributed by atoms with Gasteiger partial charge in [-0.3, -0.25) is 40.9 Å². The van der Waals surface area contributed by atoms with Crippen molar-refractivity contribution < 1.29 is 29.4 Å². The quantitative estimate of drug-likeness (QED) is 0.0445. The van der Waals surface area contributed by atoms with E-state index in [-0.39, 0.29) is 46.3 Å². The molecule has 2 atom stereocenters. The minimum atomic E-state index is -0.592. The summed E-state index contributed by atoms with van der Waals surface area (Å²) in [7, 11) is 0. The second-order valence-electron chi connectivity index (χ2n) is 14.1. The van der Waals surface area contributed by atoms with E-state index in [1.165, 1.54) is 51.4 Å². The number of aromatic hydroxyl groups is 2. The van der Waals surface area contributed by atoms with E-state index in [1.807, 2.05) is 26.0 Å². The van der Waals surface area contributed by atoms with Gasteiger partial charge in [0.1, 0.15) is 11.5 Å². The van der Waals surface area contributed by atoms with Crippen LogP contribution in [-0.2, 0) is 22.4 Å². The van der Waals surface area contributed by atoms with Crippen LogP contribution in [0.25, 0.3) is 0 Å². The highest BCUT2D eigenvalue weighted by Gasteiger charge is 2.22. The van der Waals surface area contributed by atoms with Gasteiger partial charge in [0.15, 0.2) is 0 Å². The highest BCUT2D eigenvalue weighted by Crippen LogP contribution is 2.23. The van der Waals surface area contributed by atoms with Crippen LogP contribution in [0.2, 0.25) is 0 Å². The number of nitrogens with one attached hydrogen (secondary N) is 4. The lowest BCUT2D eigenvalue weighted by molar-refractivity contribution is -0.126. The molecule has 0 bridgehead atoms. The van der Waals surface area contributed by atoms with Crippen LogP contribution < -0.4 is 21.7 Å². The third kappa shape index (κ3) is 16.5. The first kappa shape index (κ1) is 44.1. The average Bonchev–Trinajstić information content (AvgIpc) is 3.13. The zero-order chi connectivity index (χ0) is 38.1.